The molecule has 3 heterocycles. The summed E-state index contributed by atoms with van der Waals surface area (Å²) in [4.78, 5) is 22.6. The number of aliphatic imine (C=N–C) groups is 1. The molecule has 2 aromatic rings. The highest BCUT2D eigenvalue weighted by Gasteiger charge is 2.27. The van der Waals surface area contributed by atoms with Gasteiger partial charge in [-0.2, -0.15) is 0 Å². The van der Waals surface area contributed by atoms with Gasteiger partial charge in [-0.25, -0.2) is 8.42 Å². The van der Waals surface area contributed by atoms with Crippen molar-refractivity contribution in [3.05, 3.63) is 81.8 Å². The Morgan fingerprint density at radius 2 is 1.97 bits per heavy atom. The first-order valence-electron chi connectivity index (χ1n) is 9.92. The van der Waals surface area contributed by atoms with Gasteiger partial charge in [0.2, 0.25) is 0 Å². The van der Waals surface area contributed by atoms with Crippen LogP contribution in [0.25, 0.3) is 5.57 Å². The molecule has 1 aromatic heterocycles. The van der Waals surface area contributed by atoms with Crippen molar-refractivity contribution in [2.75, 3.05) is 19.3 Å². The number of carbonyl (C=O) groups is 1. The van der Waals surface area contributed by atoms with Crippen LogP contribution in [0.5, 0.6) is 0 Å². The number of carbonyl (C=O) groups excluding carboxylic acids is 1. The molecule has 0 fully saturated rings. The normalized spacial score (nSPS) is 18.2. The first kappa shape index (κ1) is 21.5. The Morgan fingerprint density at radius 3 is 2.65 bits per heavy atom. The van der Waals surface area contributed by atoms with Crippen molar-refractivity contribution in [1.29, 1.82) is 0 Å². The summed E-state index contributed by atoms with van der Waals surface area (Å²) < 4.78 is 24.4. The SMILES string of the molecule is CCS(=O)(=O)Cc1cc2c(cn1)C(c1ccc(Cl)cc1)=NCC1=CC(C=O)N(C)C=C12. The van der Waals surface area contributed by atoms with E-state index >= 15 is 0 Å². The average Bonchev–Trinajstić information content (AvgIpc) is 2.90. The number of halogens is 1. The van der Waals surface area contributed by atoms with Crippen LogP contribution in [-0.2, 0) is 20.4 Å². The number of likely N-dealkylation sites (N-methyl/N-ethyl adjacent to an activating group) is 1. The van der Waals surface area contributed by atoms with E-state index < -0.39 is 9.84 Å². The number of fused-ring (bicyclic) bond motifs is 3. The van der Waals surface area contributed by atoms with Crippen LogP contribution >= 0.6 is 11.6 Å². The molecule has 1 aromatic carbocycles. The van der Waals surface area contributed by atoms with Gasteiger partial charge in [-0.15, -0.1) is 0 Å². The zero-order valence-corrected chi connectivity index (χ0v) is 18.8. The van der Waals surface area contributed by atoms with Gasteiger partial charge < -0.3 is 9.69 Å². The van der Waals surface area contributed by atoms with Crippen molar-refractivity contribution in [3.8, 4) is 0 Å². The summed E-state index contributed by atoms with van der Waals surface area (Å²) in [5.41, 5.74) is 5.64. The number of sulfone groups is 1. The van der Waals surface area contributed by atoms with E-state index in [2.05, 4.69) is 4.98 Å². The maximum Gasteiger partial charge on any atom is 0.155 e. The van der Waals surface area contributed by atoms with E-state index in [1.165, 1.54) is 0 Å². The van der Waals surface area contributed by atoms with Crippen LogP contribution in [0.1, 0.15) is 29.3 Å². The Hall–Kier alpha value is -2.77. The molecule has 8 heteroatoms. The Morgan fingerprint density at radius 1 is 1.23 bits per heavy atom. The van der Waals surface area contributed by atoms with Gasteiger partial charge in [-0.3, -0.25) is 9.98 Å². The molecule has 0 radical (unpaired) electrons. The first-order chi connectivity index (χ1) is 14.8. The molecular formula is C23H22ClN3O3S. The van der Waals surface area contributed by atoms with Crippen molar-refractivity contribution in [3.63, 3.8) is 0 Å². The third kappa shape index (κ3) is 4.34. The van der Waals surface area contributed by atoms with Crippen LogP contribution in [0.15, 0.2) is 59.4 Å². The second-order valence-corrected chi connectivity index (χ2v) is 10.4. The van der Waals surface area contributed by atoms with Gasteiger partial charge in [0, 0.05) is 46.9 Å². The molecule has 2 aliphatic rings. The fourth-order valence-electron chi connectivity index (χ4n) is 3.72. The minimum atomic E-state index is -3.23. The summed E-state index contributed by atoms with van der Waals surface area (Å²) in [6.45, 7) is 2.03. The van der Waals surface area contributed by atoms with E-state index in [4.69, 9.17) is 16.6 Å². The molecule has 1 unspecified atom stereocenters. The fourth-order valence-corrected chi connectivity index (χ4v) is 4.66. The largest absolute Gasteiger partial charge is 0.367 e. The molecule has 0 N–H and O–H groups in total. The number of benzene rings is 1. The topological polar surface area (TPSA) is 79.7 Å². The molecule has 2 aliphatic heterocycles. The van der Waals surface area contributed by atoms with E-state index in [9.17, 15) is 13.2 Å². The number of hydrogen-bond acceptors (Lipinski definition) is 6. The number of nitrogens with zero attached hydrogens (tertiary/aromatic N) is 3. The molecule has 1 atom stereocenters. The summed E-state index contributed by atoms with van der Waals surface area (Å²) >= 11 is 6.06. The Bertz CT molecular complexity index is 1230. The van der Waals surface area contributed by atoms with Gasteiger partial charge in [0.1, 0.15) is 12.3 Å². The van der Waals surface area contributed by atoms with Gasteiger partial charge in [0.25, 0.3) is 0 Å². The molecule has 6 nitrogen and oxygen atoms in total. The molecule has 4 rings (SSSR count). The zero-order valence-electron chi connectivity index (χ0n) is 17.2. The number of aldehydes is 1. The summed E-state index contributed by atoms with van der Waals surface area (Å²) in [6, 6.07) is 8.88. The highest BCUT2D eigenvalue weighted by Crippen LogP contribution is 2.35. The van der Waals surface area contributed by atoms with E-state index in [0.29, 0.717) is 17.3 Å². The molecule has 0 saturated heterocycles. The highest BCUT2D eigenvalue weighted by atomic mass is 35.5. The smallest absolute Gasteiger partial charge is 0.155 e. The predicted molar refractivity (Wildman–Crippen MR) is 123 cm³/mol. The van der Waals surface area contributed by atoms with Crippen LogP contribution in [-0.4, -0.2) is 55.7 Å². The highest BCUT2D eigenvalue weighted by molar-refractivity contribution is 7.90. The predicted octanol–water partition coefficient (Wildman–Crippen LogP) is 3.30. The standard InChI is InChI=1S/C23H22ClN3O3S/c1-3-31(29,30)14-18-9-20-21(11-25-18)23(15-4-6-17(24)7-5-15)26-10-16-8-19(13-28)27(2)12-22(16)20/h4-9,11-13,19H,3,10,14H2,1-2H3. The van der Waals surface area contributed by atoms with Crippen LogP contribution < -0.4 is 0 Å². The van der Waals surface area contributed by atoms with E-state index in [1.54, 1.807) is 25.3 Å². The molecule has 0 bridgehead atoms. The average molecular weight is 456 g/mol. The van der Waals surface area contributed by atoms with Crippen molar-refractivity contribution in [2.45, 2.75) is 18.7 Å². The summed E-state index contributed by atoms with van der Waals surface area (Å²) in [5.74, 6) is -0.0653. The Kier molecular flexibility index (Phi) is 5.81. The number of hydrogen-bond donors (Lipinski definition) is 0. The maximum absolute atomic E-state index is 12.2. The molecule has 0 saturated carbocycles. The van der Waals surface area contributed by atoms with E-state index in [-0.39, 0.29) is 17.5 Å². The van der Waals surface area contributed by atoms with E-state index in [0.717, 1.165) is 39.8 Å². The lowest BCUT2D eigenvalue weighted by molar-refractivity contribution is -0.110. The Balaban J connectivity index is 1.90. The second-order valence-electron chi connectivity index (χ2n) is 7.60. The van der Waals surface area contributed by atoms with Gasteiger partial charge in [0.05, 0.1) is 23.7 Å². The minimum Gasteiger partial charge on any atom is -0.367 e. The summed E-state index contributed by atoms with van der Waals surface area (Å²) in [5, 5.41) is 0.631. The number of rotatable bonds is 5. The third-order valence-corrected chi connectivity index (χ3v) is 7.37. The van der Waals surface area contributed by atoms with Gasteiger partial charge in [0.15, 0.2) is 9.84 Å². The van der Waals surface area contributed by atoms with Crippen LogP contribution in [0.4, 0.5) is 0 Å². The molecule has 160 valence electrons. The monoisotopic (exact) mass is 455 g/mol. The molecule has 31 heavy (non-hydrogen) atoms. The lowest BCUT2D eigenvalue weighted by Crippen LogP contribution is -2.30. The first-order valence-corrected chi connectivity index (χ1v) is 12.1. The van der Waals surface area contributed by atoms with Crippen LogP contribution in [0.3, 0.4) is 0 Å². The maximum atomic E-state index is 12.2. The van der Waals surface area contributed by atoms with Gasteiger partial charge >= 0.3 is 0 Å². The fraction of sp³-hybridized carbons (Fsp3) is 0.261. The molecular weight excluding hydrogens is 434 g/mol. The summed E-state index contributed by atoms with van der Waals surface area (Å²) in [6.07, 6.45) is 6.41. The number of pyridine rings is 1. The lowest BCUT2D eigenvalue weighted by atomic mass is 9.90. The number of aromatic nitrogens is 1. The molecule has 0 aliphatic carbocycles. The van der Waals surface area contributed by atoms with Crippen molar-refractivity contribution in [2.24, 2.45) is 4.99 Å². The lowest BCUT2D eigenvalue weighted by Gasteiger charge is -2.27. The van der Waals surface area contributed by atoms with E-state index in [1.807, 2.05) is 42.4 Å². The van der Waals surface area contributed by atoms with Gasteiger partial charge in [-0.05, 0) is 35.4 Å². The Labute approximate surface area is 186 Å². The second kappa shape index (κ2) is 8.40. The molecule has 0 amide bonds. The van der Waals surface area contributed by atoms with Crippen molar-refractivity contribution >= 4 is 39.0 Å². The van der Waals surface area contributed by atoms with Crippen LogP contribution in [0, 0.1) is 0 Å². The van der Waals surface area contributed by atoms with Crippen molar-refractivity contribution in [1.82, 2.24) is 9.88 Å². The van der Waals surface area contributed by atoms with Gasteiger partial charge in [-0.1, -0.05) is 30.7 Å². The zero-order chi connectivity index (χ0) is 22.2. The van der Waals surface area contributed by atoms with Crippen molar-refractivity contribution < 1.29 is 13.2 Å². The minimum absolute atomic E-state index is 0.0564. The van der Waals surface area contributed by atoms with Crippen LogP contribution in [0.2, 0.25) is 5.02 Å². The molecule has 0 spiro atoms. The summed E-state index contributed by atoms with van der Waals surface area (Å²) in [7, 11) is -1.39. The quantitative estimate of drug-likeness (QED) is 0.646. The third-order valence-electron chi connectivity index (χ3n) is 5.50.